The van der Waals surface area contributed by atoms with E-state index in [1.807, 2.05) is 18.2 Å². The molecule has 1 fully saturated rings. The third kappa shape index (κ3) is 5.28. The molecule has 9 heteroatoms. The molecule has 1 saturated heterocycles. The second-order valence-corrected chi connectivity index (χ2v) is 8.93. The normalized spacial score (nSPS) is 15.3. The van der Waals surface area contributed by atoms with Crippen molar-refractivity contribution in [3.8, 4) is 5.75 Å². The monoisotopic (exact) mass is 490 g/mol. The van der Waals surface area contributed by atoms with E-state index in [1.54, 1.807) is 6.08 Å². The molecule has 2 aromatic rings. The van der Waals surface area contributed by atoms with Gasteiger partial charge in [0.05, 0.1) is 27.5 Å². The molecular weight excluding hydrogens is 472 g/mol. The molecule has 0 bridgehead atoms. The third-order valence-corrected chi connectivity index (χ3v) is 5.71. The highest BCUT2D eigenvalue weighted by atomic mass is 79.9. The van der Waals surface area contributed by atoms with Crippen molar-refractivity contribution in [3.05, 3.63) is 73.1 Å². The lowest BCUT2D eigenvalue weighted by Crippen LogP contribution is -2.27. The molecule has 1 aliphatic heterocycles. The van der Waals surface area contributed by atoms with Crippen LogP contribution >= 0.6 is 27.7 Å². The summed E-state index contributed by atoms with van der Waals surface area (Å²) in [6.07, 6.45) is 1.66. The van der Waals surface area contributed by atoms with E-state index >= 15 is 0 Å². The number of benzene rings is 2. The summed E-state index contributed by atoms with van der Waals surface area (Å²) < 4.78 is 6.49. The topological polar surface area (TPSA) is 89.8 Å². The first-order chi connectivity index (χ1) is 14.2. The third-order valence-electron chi connectivity index (χ3n) is 4.19. The van der Waals surface area contributed by atoms with Crippen molar-refractivity contribution in [1.29, 1.82) is 0 Å². The minimum Gasteiger partial charge on any atom is -0.492 e. The van der Waals surface area contributed by atoms with Crippen LogP contribution in [0.4, 0.5) is 10.5 Å². The highest BCUT2D eigenvalue weighted by Gasteiger charge is 2.35. The highest BCUT2D eigenvalue weighted by molar-refractivity contribution is 9.10. The van der Waals surface area contributed by atoms with Crippen molar-refractivity contribution in [2.45, 2.75) is 20.4 Å². The molecule has 0 radical (unpaired) electrons. The van der Waals surface area contributed by atoms with Crippen molar-refractivity contribution in [2.24, 2.45) is 5.92 Å². The summed E-state index contributed by atoms with van der Waals surface area (Å²) in [5.74, 6) is 0.727. The number of halogens is 1. The number of ether oxygens (including phenoxy) is 1. The Morgan fingerprint density at radius 1 is 1.20 bits per heavy atom. The predicted octanol–water partition coefficient (Wildman–Crippen LogP) is 5.63. The van der Waals surface area contributed by atoms with Gasteiger partial charge in [-0.1, -0.05) is 32.0 Å². The van der Waals surface area contributed by atoms with E-state index in [0.717, 1.165) is 26.7 Å². The average molecular weight is 491 g/mol. The molecule has 7 nitrogen and oxygen atoms in total. The molecule has 0 N–H and O–H groups in total. The Labute approximate surface area is 186 Å². The number of carbonyl (C=O) groups is 2. The second-order valence-electron chi connectivity index (χ2n) is 7.09. The minimum absolute atomic E-state index is 0.0424. The number of nitro benzene ring substituents is 1. The van der Waals surface area contributed by atoms with E-state index < -0.39 is 4.92 Å². The van der Waals surface area contributed by atoms with Gasteiger partial charge in [0.1, 0.15) is 5.75 Å². The number of rotatable bonds is 7. The number of nitro groups is 1. The van der Waals surface area contributed by atoms with Gasteiger partial charge in [-0.05, 0) is 62.9 Å². The molecule has 30 heavy (non-hydrogen) atoms. The Morgan fingerprint density at radius 2 is 1.90 bits per heavy atom. The number of imide groups is 1. The Balaban J connectivity index is 1.73. The zero-order chi connectivity index (χ0) is 21.8. The van der Waals surface area contributed by atoms with E-state index in [1.165, 1.54) is 24.3 Å². The summed E-state index contributed by atoms with van der Waals surface area (Å²) in [6, 6.07) is 11.3. The molecule has 1 aliphatic rings. The van der Waals surface area contributed by atoms with Crippen LogP contribution in [-0.4, -0.2) is 27.6 Å². The van der Waals surface area contributed by atoms with Crippen LogP contribution in [0.5, 0.6) is 5.75 Å². The number of non-ortho nitro benzene ring substituents is 1. The van der Waals surface area contributed by atoms with E-state index in [0.29, 0.717) is 28.7 Å². The molecule has 0 unspecified atom stereocenters. The van der Waals surface area contributed by atoms with Crippen LogP contribution in [0.2, 0.25) is 0 Å². The first-order valence-electron chi connectivity index (χ1n) is 9.15. The minimum atomic E-state index is -0.496. The van der Waals surface area contributed by atoms with Crippen LogP contribution in [0.15, 0.2) is 51.8 Å². The van der Waals surface area contributed by atoms with Crippen molar-refractivity contribution in [1.82, 2.24) is 4.90 Å². The number of hydrogen-bond acceptors (Lipinski definition) is 6. The van der Waals surface area contributed by atoms with E-state index in [4.69, 9.17) is 4.74 Å². The molecule has 156 valence electrons. The van der Waals surface area contributed by atoms with Gasteiger partial charge in [-0.15, -0.1) is 0 Å². The maximum absolute atomic E-state index is 12.7. The molecule has 0 aromatic heterocycles. The summed E-state index contributed by atoms with van der Waals surface area (Å²) in [6.45, 7) is 4.79. The van der Waals surface area contributed by atoms with Crippen LogP contribution in [-0.2, 0) is 11.3 Å². The fraction of sp³-hybridized carbons (Fsp3) is 0.238. The van der Waals surface area contributed by atoms with E-state index in [2.05, 4.69) is 29.8 Å². The maximum Gasteiger partial charge on any atom is 0.293 e. The first kappa shape index (κ1) is 22.0. The lowest BCUT2D eigenvalue weighted by atomic mass is 10.2. The summed E-state index contributed by atoms with van der Waals surface area (Å²) in [5.41, 5.74) is 1.36. The summed E-state index contributed by atoms with van der Waals surface area (Å²) in [4.78, 5) is 36.7. The van der Waals surface area contributed by atoms with Gasteiger partial charge in [-0.2, -0.15) is 0 Å². The number of carbonyl (C=O) groups excluding carboxylic acids is 2. The van der Waals surface area contributed by atoms with Crippen LogP contribution in [0, 0.1) is 16.0 Å². The maximum atomic E-state index is 12.7. The Kier molecular flexibility index (Phi) is 6.94. The number of amides is 2. The van der Waals surface area contributed by atoms with Gasteiger partial charge in [0.25, 0.3) is 16.8 Å². The largest absolute Gasteiger partial charge is 0.492 e. The Morgan fingerprint density at radius 3 is 2.50 bits per heavy atom. The van der Waals surface area contributed by atoms with Crippen LogP contribution in [0.1, 0.15) is 25.0 Å². The average Bonchev–Trinajstić information content (AvgIpc) is 2.95. The Hall–Kier alpha value is -2.65. The van der Waals surface area contributed by atoms with Crippen LogP contribution in [0.3, 0.4) is 0 Å². The molecule has 2 amide bonds. The first-order valence-corrected chi connectivity index (χ1v) is 10.8. The van der Waals surface area contributed by atoms with Crippen molar-refractivity contribution in [3.63, 3.8) is 0 Å². The molecule has 1 heterocycles. The van der Waals surface area contributed by atoms with Gasteiger partial charge in [0, 0.05) is 12.1 Å². The van der Waals surface area contributed by atoms with Gasteiger partial charge in [0.15, 0.2) is 0 Å². The quantitative estimate of drug-likeness (QED) is 0.283. The van der Waals surface area contributed by atoms with Gasteiger partial charge < -0.3 is 4.74 Å². The van der Waals surface area contributed by atoms with Crippen LogP contribution in [0.25, 0.3) is 6.08 Å². The van der Waals surface area contributed by atoms with Crippen LogP contribution < -0.4 is 4.74 Å². The SMILES string of the molecule is CC(C)COc1ccc(/C=C2\SC(=O)N(Cc3ccc([N+](=O)[O-])cc3)C2=O)cc1Br. The van der Waals surface area contributed by atoms with Gasteiger partial charge in [-0.25, -0.2) is 0 Å². The molecule has 0 atom stereocenters. The van der Waals surface area contributed by atoms with Gasteiger partial charge in [0.2, 0.25) is 0 Å². The number of hydrogen-bond donors (Lipinski definition) is 0. The highest BCUT2D eigenvalue weighted by Crippen LogP contribution is 2.35. The molecular formula is C21H19BrN2O5S. The number of nitrogens with zero attached hydrogens (tertiary/aromatic N) is 2. The zero-order valence-corrected chi connectivity index (χ0v) is 18.7. The molecule has 2 aromatic carbocycles. The summed E-state index contributed by atoms with van der Waals surface area (Å²) >= 11 is 4.35. The second kappa shape index (κ2) is 9.44. The zero-order valence-electron chi connectivity index (χ0n) is 16.3. The fourth-order valence-electron chi connectivity index (χ4n) is 2.67. The molecule has 0 spiro atoms. The lowest BCUT2D eigenvalue weighted by molar-refractivity contribution is -0.384. The standard InChI is InChI=1S/C21H19BrN2O5S/c1-13(2)12-29-18-8-5-15(9-17(18)22)10-19-20(25)23(21(26)30-19)11-14-3-6-16(7-4-14)24(27)28/h3-10,13H,11-12H2,1-2H3/b19-10-. The number of thioether (sulfide) groups is 1. The van der Waals surface area contributed by atoms with Crippen molar-refractivity contribution in [2.75, 3.05) is 6.61 Å². The predicted molar refractivity (Wildman–Crippen MR) is 119 cm³/mol. The smallest absolute Gasteiger partial charge is 0.293 e. The lowest BCUT2D eigenvalue weighted by Gasteiger charge is -2.12. The molecule has 3 rings (SSSR count). The van der Waals surface area contributed by atoms with Gasteiger partial charge >= 0.3 is 0 Å². The van der Waals surface area contributed by atoms with Gasteiger partial charge in [-0.3, -0.25) is 24.6 Å². The van der Waals surface area contributed by atoms with E-state index in [9.17, 15) is 19.7 Å². The van der Waals surface area contributed by atoms with E-state index in [-0.39, 0.29) is 23.4 Å². The fourth-order valence-corrected chi connectivity index (χ4v) is 4.02. The Bertz CT molecular complexity index is 1020. The summed E-state index contributed by atoms with van der Waals surface area (Å²) in [7, 11) is 0. The molecule has 0 saturated carbocycles. The molecule has 0 aliphatic carbocycles. The van der Waals surface area contributed by atoms with Crippen molar-refractivity contribution >= 4 is 50.6 Å². The van der Waals surface area contributed by atoms with Crippen molar-refractivity contribution < 1.29 is 19.2 Å². The summed E-state index contributed by atoms with van der Waals surface area (Å²) in [5, 5.41) is 10.4.